The van der Waals surface area contributed by atoms with Crippen LogP contribution in [-0.4, -0.2) is 80.0 Å². The molecule has 3 amide bonds. The van der Waals surface area contributed by atoms with E-state index in [-0.39, 0.29) is 53.6 Å². The average Bonchev–Trinajstić information content (AvgIpc) is 3.73. The smallest absolute Gasteiger partial charge is 0.323 e. The molecule has 1 aliphatic carbocycles. The van der Waals surface area contributed by atoms with Gasteiger partial charge in [-0.3, -0.25) is 19.4 Å². The van der Waals surface area contributed by atoms with Crippen molar-refractivity contribution in [2.75, 3.05) is 32.4 Å². The molecule has 0 radical (unpaired) electrons. The van der Waals surface area contributed by atoms with E-state index in [1.165, 1.54) is 22.6 Å². The summed E-state index contributed by atoms with van der Waals surface area (Å²) in [5.74, 6) is 0.590. The van der Waals surface area contributed by atoms with Crippen LogP contribution in [0.25, 0.3) is 0 Å². The van der Waals surface area contributed by atoms with Gasteiger partial charge in [-0.2, -0.15) is 0 Å². The van der Waals surface area contributed by atoms with E-state index >= 15 is 0 Å². The minimum atomic E-state index is -3.33. The van der Waals surface area contributed by atoms with Crippen molar-refractivity contribution in [2.45, 2.75) is 67.5 Å². The van der Waals surface area contributed by atoms with Crippen LogP contribution < -0.4 is 10.6 Å². The van der Waals surface area contributed by atoms with Crippen molar-refractivity contribution in [2.24, 2.45) is 11.8 Å². The van der Waals surface area contributed by atoms with E-state index in [4.69, 9.17) is 0 Å². The van der Waals surface area contributed by atoms with E-state index in [0.29, 0.717) is 37.3 Å². The van der Waals surface area contributed by atoms with Gasteiger partial charge in [-0.05, 0) is 48.9 Å². The van der Waals surface area contributed by atoms with Gasteiger partial charge in [0.25, 0.3) is 5.91 Å². The Hall–Kier alpha value is -2.79. The van der Waals surface area contributed by atoms with Crippen LogP contribution in [0.1, 0.15) is 55.6 Å². The predicted molar refractivity (Wildman–Crippen MR) is 166 cm³/mol. The highest BCUT2D eigenvalue weighted by Crippen LogP contribution is 2.39. The van der Waals surface area contributed by atoms with Crippen molar-refractivity contribution in [3.63, 3.8) is 0 Å². The molecule has 3 saturated heterocycles. The number of rotatable bonds is 8. The number of urea groups is 1. The predicted octanol–water partition coefficient (Wildman–Crippen LogP) is 3.53. The molecule has 2 N–H and O–H groups in total. The van der Waals surface area contributed by atoms with Gasteiger partial charge in [0.1, 0.15) is 5.54 Å². The normalized spacial score (nSPS) is 25.1. The minimum Gasteiger partial charge on any atom is -0.323 e. The molecule has 0 bridgehead atoms. The number of carbonyl (C=O) groups is 3. The first-order valence-electron chi connectivity index (χ1n) is 15.1. The Labute approximate surface area is 260 Å². The zero-order chi connectivity index (χ0) is 29.5. The molecule has 3 heterocycles. The lowest BCUT2D eigenvalue weighted by atomic mass is 9.77. The average molecular weight is 629 g/mol. The summed E-state index contributed by atoms with van der Waals surface area (Å²) in [6.45, 7) is 2.82. The summed E-state index contributed by atoms with van der Waals surface area (Å²) in [7, 11) is -3.33. The molecule has 3 atom stereocenters. The van der Waals surface area contributed by atoms with Gasteiger partial charge in [0.05, 0.1) is 17.5 Å². The number of likely N-dealkylation sites (tertiary alicyclic amines) is 1. The zero-order valence-corrected chi connectivity index (χ0v) is 26.2. The molecule has 43 heavy (non-hydrogen) atoms. The molecule has 3 aliphatic heterocycles. The summed E-state index contributed by atoms with van der Waals surface area (Å²) in [6, 6.07) is 16.1. The summed E-state index contributed by atoms with van der Waals surface area (Å²) in [4.78, 5) is 44.6. The maximum atomic E-state index is 14.1. The first-order valence-corrected chi connectivity index (χ1v) is 17.0. The second-order valence-electron chi connectivity index (χ2n) is 12.5. The SMILES string of the molecule is CS(=O)(=O)c1ccc(CN2C(=O)NC3(CCN(C(C(=O)C4CCCC4)[C@@H]4CNC[C@@H]4c4ccccc4)CC3)C2=O)cc1.Cl. The Kier molecular flexibility index (Phi) is 9.32. The molecule has 9 nitrogen and oxygen atoms in total. The monoisotopic (exact) mass is 628 g/mol. The van der Waals surface area contributed by atoms with E-state index in [0.717, 1.165) is 45.0 Å². The topological polar surface area (TPSA) is 116 Å². The van der Waals surface area contributed by atoms with E-state index < -0.39 is 21.4 Å². The number of Topliss-reactive ketones (excluding diaryl/α,β-unsaturated/α-hetero) is 1. The quantitative estimate of drug-likeness (QED) is 0.430. The van der Waals surface area contributed by atoms with Gasteiger partial charge in [0.15, 0.2) is 15.6 Å². The number of sulfone groups is 1. The number of halogens is 1. The number of piperidine rings is 1. The fourth-order valence-corrected chi connectivity index (χ4v) is 8.21. The molecule has 4 fully saturated rings. The van der Waals surface area contributed by atoms with Crippen molar-refractivity contribution in [3.8, 4) is 0 Å². The largest absolute Gasteiger partial charge is 0.325 e. The molecule has 6 rings (SSSR count). The van der Waals surface area contributed by atoms with Gasteiger partial charge in [0.2, 0.25) is 0 Å². The van der Waals surface area contributed by atoms with Crippen LogP contribution >= 0.6 is 12.4 Å². The lowest BCUT2D eigenvalue weighted by molar-refractivity contribution is -0.135. The second-order valence-corrected chi connectivity index (χ2v) is 14.5. The maximum absolute atomic E-state index is 14.1. The van der Waals surface area contributed by atoms with Gasteiger partial charge in [-0.15, -0.1) is 12.4 Å². The lowest BCUT2D eigenvalue weighted by Crippen LogP contribution is -2.59. The fraction of sp³-hybridized carbons (Fsp3) is 0.531. The highest BCUT2D eigenvalue weighted by molar-refractivity contribution is 7.90. The van der Waals surface area contributed by atoms with Crippen LogP contribution in [0.3, 0.4) is 0 Å². The van der Waals surface area contributed by atoms with Crippen molar-refractivity contribution >= 4 is 40.0 Å². The first kappa shape index (κ1) is 31.6. The standard InChI is InChI=1S/C32H40N4O5S.ClH/c1-42(40,41)25-13-11-22(12-14-25)21-36-30(38)32(34-31(36)39)15-17-35(18-16-32)28(29(37)24-9-5-6-10-24)27-20-33-19-26(27)23-7-3-2-4-8-23;/h2-4,7-8,11-14,24,26-28,33H,5-6,9-10,15-21H2,1H3,(H,34,39);1H/t26-,27-,28?;/m1./s1. The second kappa shape index (κ2) is 12.7. The number of hydrogen-bond donors (Lipinski definition) is 2. The van der Waals surface area contributed by atoms with Crippen LogP contribution in [0, 0.1) is 11.8 Å². The van der Waals surface area contributed by atoms with Crippen LogP contribution in [0.2, 0.25) is 0 Å². The number of carbonyl (C=O) groups excluding carboxylic acids is 3. The number of nitrogens with one attached hydrogen (secondary N) is 2. The third-order valence-corrected chi connectivity index (χ3v) is 11.1. The number of nitrogens with zero attached hydrogens (tertiary/aromatic N) is 2. The molecule has 1 unspecified atom stereocenters. The van der Waals surface area contributed by atoms with Gasteiger partial charge >= 0.3 is 6.03 Å². The Morgan fingerprint density at radius 3 is 2.26 bits per heavy atom. The number of ketones is 1. The molecular weight excluding hydrogens is 588 g/mol. The third-order valence-electron chi connectivity index (χ3n) is 9.93. The van der Waals surface area contributed by atoms with E-state index in [9.17, 15) is 22.8 Å². The number of imide groups is 1. The van der Waals surface area contributed by atoms with Gasteiger partial charge < -0.3 is 10.6 Å². The number of hydrogen-bond acceptors (Lipinski definition) is 7. The summed E-state index contributed by atoms with van der Waals surface area (Å²) < 4.78 is 23.6. The Balaban J connectivity index is 0.00000368. The molecule has 0 aromatic heterocycles. The van der Waals surface area contributed by atoms with Gasteiger partial charge in [-0.1, -0.05) is 55.3 Å². The number of amides is 3. The molecule has 1 saturated carbocycles. The van der Waals surface area contributed by atoms with Gasteiger partial charge in [-0.25, -0.2) is 13.2 Å². The first-order chi connectivity index (χ1) is 20.2. The Morgan fingerprint density at radius 1 is 0.977 bits per heavy atom. The van der Waals surface area contributed by atoms with Crippen LogP contribution in [-0.2, 0) is 26.0 Å². The molecule has 232 valence electrons. The van der Waals surface area contributed by atoms with Crippen molar-refractivity contribution < 1.29 is 22.8 Å². The highest BCUT2D eigenvalue weighted by Gasteiger charge is 2.54. The highest BCUT2D eigenvalue weighted by atomic mass is 35.5. The van der Waals surface area contributed by atoms with E-state index in [2.05, 4.69) is 39.8 Å². The summed E-state index contributed by atoms with van der Waals surface area (Å²) in [5.41, 5.74) is 0.959. The molecule has 2 aromatic carbocycles. The molecular formula is C32H41ClN4O5S. The van der Waals surface area contributed by atoms with E-state index in [1.54, 1.807) is 12.1 Å². The van der Waals surface area contributed by atoms with Crippen LogP contribution in [0.4, 0.5) is 4.79 Å². The number of benzene rings is 2. The summed E-state index contributed by atoms with van der Waals surface area (Å²) in [6.07, 6.45) is 6.16. The molecule has 4 aliphatic rings. The molecule has 11 heteroatoms. The third kappa shape index (κ3) is 6.25. The fourth-order valence-electron chi connectivity index (χ4n) is 7.58. The molecule has 1 spiro atoms. The van der Waals surface area contributed by atoms with Crippen molar-refractivity contribution in [1.82, 2.24) is 20.4 Å². The van der Waals surface area contributed by atoms with Crippen molar-refractivity contribution in [3.05, 3.63) is 65.7 Å². The summed E-state index contributed by atoms with van der Waals surface area (Å²) >= 11 is 0. The summed E-state index contributed by atoms with van der Waals surface area (Å²) in [5, 5.41) is 6.55. The maximum Gasteiger partial charge on any atom is 0.325 e. The lowest BCUT2D eigenvalue weighted by Gasteiger charge is -2.44. The van der Waals surface area contributed by atoms with E-state index in [1.807, 2.05) is 6.07 Å². The van der Waals surface area contributed by atoms with Crippen LogP contribution in [0.5, 0.6) is 0 Å². The Morgan fingerprint density at radius 2 is 1.63 bits per heavy atom. The van der Waals surface area contributed by atoms with Gasteiger partial charge in [0, 0.05) is 50.2 Å². The van der Waals surface area contributed by atoms with Crippen LogP contribution in [0.15, 0.2) is 59.5 Å². The Bertz CT molecular complexity index is 1440. The minimum absolute atomic E-state index is 0. The molecule has 2 aromatic rings. The zero-order valence-electron chi connectivity index (χ0n) is 24.5. The van der Waals surface area contributed by atoms with Crippen molar-refractivity contribution in [1.29, 1.82) is 0 Å².